The van der Waals surface area contributed by atoms with Gasteiger partial charge >= 0.3 is 17.7 Å². The van der Waals surface area contributed by atoms with E-state index in [1.165, 1.54) is 0 Å². The van der Waals surface area contributed by atoms with E-state index in [0.29, 0.717) is 11.5 Å². The molecule has 6 nitrogen and oxygen atoms in total. The number of fused-ring (bicyclic) bond motifs is 1. The van der Waals surface area contributed by atoms with E-state index in [9.17, 15) is 9.59 Å². The van der Waals surface area contributed by atoms with Crippen molar-refractivity contribution in [3.05, 3.63) is 23.8 Å². The minimum Gasteiger partial charge on any atom is -0.460 e. The average molecular weight is 387 g/mol. The summed E-state index contributed by atoms with van der Waals surface area (Å²) in [7, 11) is 0. The van der Waals surface area contributed by atoms with Gasteiger partial charge in [0, 0.05) is 4.83 Å². The Balaban J connectivity index is 2.32. The van der Waals surface area contributed by atoms with Crippen molar-refractivity contribution in [1.82, 2.24) is 0 Å². The minimum absolute atomic E-state index is 0.0927. The fraction of sp³-hybridized carbons (Fsp3) is 0.500. The quantitative estimate of drug-likeness (QED) is 0.425. The van der Waals surface area contributed by atoms with E-state index in [0.717, 1.165) is 12.0 Å². The predicted molar refractivity (Wildman–Crippen MR) is 85.8 cm³/mol. The van der Waals surface area contributed by atoms with E-state index in [-0.39, 0.29) is 18.0 Å². The van der Waals surface area contributed by atoms with Gasteiger partial charge in [-0.3, -0.25) is 0 Å². The maximum Gasteiger partial charge on any atom is 0.453 e. The third kappa shape index (κ3) is 3.60. The van der Waals surface area contributed by atoms with Crippen LogP contribution in [-0.2, 0) is 25.5 Å². The summed E-state index contributed by atoms with van der Waals surface area (Å²) < 4.78 is 20.9. The number of rotatable bonds is 6. The number of benzene rings is 1. The van der Waals surface area contributed by atoms with Gasteiger partial charge in [0.25, 0.3) is 0 Å². The van der Waals surface area contributed by atoms with Crippen molar-refractivity contribution in [2.75, 3.05) is 13.2 Å². The van der Waals surface area contributed by atoms with Crippen LogP contribution in [0.25, 0.3) is 0 Å². The van der Waals surface area contributed by atoms with Crippen LogP contribution in [0.2, 0.25) is 0 Å². The Morgan fingerprint density at radius 1 is 1.13 bits per heavy atom. The van der Waals surface area contributed by atoms with Crippen molar-refractivity contribution in [3.63, 3.8) is 0 Å². The van der Waals surface area contributed by atoms with Gasteiger partial charge in [0.2, 0.25) is 0 Å². The van der Waals surface area contributed by atoms with E-state index in [2.05, 4.69) is 15.9 Å². The van der Waals surface area contributed by atoms with E-state index < -0.39 is 17.7 Å². The summed E-state index contributed by atoms with van der Waals surface area (Å²) in [6.07, 6.45) is 0.766. The van der Waals surface area contributed by atoms with Crippen LogP contribution in [0.1, 0.15) is 26.3 Å². The van der Waals surface area contributed by atoms with Crippen molar-refractivity contribution < 1.29 is 28.5 Å². The molecule has 1 heterocycles. The summed E-state index contributed by atoms with van der Waals surface area (Å²) in [5, 5.41) is 0. The Morgan fingerprint density at radius 2 is 1.70 bits per heavy atom. The highest BCUT2D eigenvalue weighted by Gasteiger charge is 2.59. The minimum atomic E-state index is -2.23. The fourth-order valence-corrected chi connectivity index (χ4v) is 2.57. The lowest BCUT2D eigenvalue weighted by atomic mass is 10.1. The summed E-state index contributed by atoms with van der Waals surface area (Å²) in [6, 6.07) is 5.26. The smallest absolute Gasteiger partial charge is 0.453 e. The van der Waals surface area contributed by atoms with Crippen molar-refractivity contribution >= 4 is 27.9 Å². The van der Waals surface area contributed by atoms with E-state index in [1.54, 1.807) is 26.0 Å². The standard InChI is InChI=1S/C16H19BrO6/c1-4-20-14(18)16(15(19)21-5-2)22-12-7-6-11(8-10(3)17)9-13(12)23-16/h6-7,9-10H,4-5,8H2,1-3H3/t10-/m0/s1. The van der Waals surface area contributed by atoms with Crippen LogP contribution in [0.3, 0.4) is 0 Å². The predicted octanol–water partition coefficient (Wildman–Crippen LogP) is 2.61. The van der Waals surface area contributed by atoms with Crippen LogP contribution in [-0.4, -0.2) is 35.8 Å². The third-order valence-electron chi connectivity index (χ3n) is 3.12. The average Bonchev–Trinajstić information content (AvgIpc) is 2.87. The van der Waals surface area contributed by atoms with Crippen LogP contribution >= 0.6 is 15.9 Å². The molecule has 0 radical (unpaired) electrons. The Kier molecular flexibility index (Phi) is 5.51. The van der Waals surface area contributed by atoms with E-state index in [4.69, 9.17) is 18.9 Å². The number of halogens is 1. The normalized spacial score (nSPS) is 15.8. The first kappa shape index (κ1) is 17.6. The Labute approximate surface area is 143 Å². The molecule has 0 unspecified atom stereocenters. The molecule has 0 spiro atoms. The van der Waals surface area contributed by atoms with Gasteiger partial charge in [0.15, 0.2) is 11.5 Å². The van der Waals surface area contributed by atoms with Gasteiger partial charge in [-0.2, -0.15) is 0 Å². The molecule has 0 saturated carbocycles. The maximum atomic E-state index is 12.2. The summed E-state index contributed by atoms with van der Waals surface area (Å²) in [5.41, 5.74) is 0.986. The first-order valence-electron chi connectivity index (χ1n) is 7.42. The van der Waals surface area contributed by atoms with Crippen LogP contribution in [0.15, 0.2) is 18.2 Å². The van der Waals surface area contributed by atoms with Gasteiger partial charge in [-0.15, -0.1) is 0 Å². The lowest BCUT2D eigenvalue weighted by Gasteiger charge is -2.22. The second-order valence-electron chi connectivity index (χ2n) is 5.03. The Morgan fingerprint density at radius 3 is 2.22 bits per heavy atom. The van der Waals surface area contributed by atoms with Gasteiger partial charge in [-0.25, -0.2) is 9.59 Å². The molecule has 7 heteroatoms. The number of ether oxygens (including phenoxy) is 4. The molecule has 126 valence electrons. The number of carbonyl (C=O) groups excluding carboxylic acids is 2. The first-order chi connectivity index (χ1) is 10.9. The second kappa shape index (κ2) is 7.21. The zero-order valence-corrected chi connectivity index (χ0v) is 14.8. The zero-order valence-electron chi connectivity index (χ0n) is 13.3. The monoisotopic (exact) mass is 386 g/mol. The largest absolute Gasteiger partial charge is 0.460 e. The molecule has 0 bridgehead atoms. The van der Waals surface area contributed by atoms with Crippen LogP contribution in [0.5, 0.6) is 11.5 Å². The Hall–Kier alpha value is -1.76. The van der Waals surface area contributed by atoms with Crippen LogP contribution in [0, 0.1) is 0 Å². The first-order valence-corrected chi connectivity index (χ1v) is 8.34. The highest BCUT2D eigenvalue weighted by molar-refractivity contribution is 9.09. The molecule has 23 heavy (non-hydrogen) atoms. The molecule has 1 aliphatic rings. The summed E-state index contributed by atoms with van der Waals surface area (Å²) in [4.78, 5) is 24.7. The number of carbonyl (C=O) groups is 2. The number of hydrogen-bond acceptors (Lipinski definition) is 6. The number of esters is 2. The molecule has 1 atom stereocenters. The molecule has 0 fully saturated rings. The molecule has 1 aliphatic heterocycles. The van der Waals surface area contributed by atoms with Crippen molar-refractivity contribution in [2.45, 2.75) is 37.8 Å². The lowest BCUT2D eigenvalue weighted by molar-refractivity contribution is -0.202. The molecule has 0 aliphatic carbocycles. The van der Waals surface area contributed by atoms with Gasteiger partial charge in [0.1, 0.15) is 0 Å². The summed E-state index contributed by atoms with van der Waals surface area (Å²) in [5.74, 6) is -3.46. The topological polar surface area (TPSA) is 71.1 Å². The molecule has 2 rings (SSSR count). The zero-order chi connectivity index (χ0) is 17.0. The Bertz CT molecular complexity index is 580. The van der Waals surface area contributed by atoms with E-state index >= 15 is 0 Å². The second-order valence-corrected chi connectivity index (χ2v) is 6.59. The molecule has 1 aromatic rings. The van der Waals surface area contributed by atoms with Gasteiger partial charge in [-0.05, 0) is 38.0 Å². The van der Waals surface area contributed by atoms with E-state index in [1.807, 2.05) is 13.0 Å². The SMILES string of the molecule is CCOC(=O)C1(C(=O)OCC)Oc2ccc(C[C@H](C)Br)cc2O1. The molecule has 0 N–H and O–H groups in total. The van der Waals surface area contributed by atoms with Gasteiger partial charge < -0.3 is 18.9 Å². The van der Waals surface area contributed by atoms with Crippen molar-refractivity contribution in [1.29, 1.82) is 0 Å². The summed E-state index contributed by atoms with van der Waals surface area (Å²) in [6.45, 7) is 5.47. The number of hydrogen-bond donors (Lipinski definition) is 0. The summed E-state index contributed by atoms with van der Waals surface area (Å²) >= 11 is 3.48. The molecular formula is C16H19BrO6. The number of alkyl halides is 1. The van der Waals surface area contributed by atoms with Crippen LogP contribution in [0.4, 0.5) is 0 Å². The maximum absolute atomic E-state index is 12.2. The van der Waals surface area contributed by atoms with Gasteiger partial charge in [-0.1, -0.05) is 28.9 Å². The van der Waals surface area contributed by atoms with Gasteiger partial charge in [0.05, 0.1) is 13.2 Å². The molecular weight excluding hydrogens is 368 g/mol. The van der Waals surface area contributed by atoms with Crippen molar-refractivity contribution in [2.24, 2.45) is 0 Å². The third-order valence-corrected chi connectivity index (χ3v) is 3.44. The highest BCUT2D eigenvalue weighted by atomic mass is 79.9. The fourth-order valence-electron chi connectivity index (χ4n) is 2.20. The van der Waals surface area contributed by atoms with Crippen molar-refractivity contribution in [3.8, 4) is 11.5 Å². The highest BCUT2D eigenvalue weighted by Crippen LogP contribution is 2.41. The molecule has 0 aromatic heterocycles. The molecule has 1 aromatic carbocycles. The van der Waals surface area contributed by atoms with Crippen LogP contribution < -0.4 is 9.47 Å². The molecule has 0 saturated heterocycles. The lowest BCUT2D eigenvalue weighted by Crippen LogP contribution is -2.55. The molecule has 0 amide bonds.